The molecule has 3 rings (SSSR count). The van der Waals surface area contributed by atoms with Crippen molar-refractivity contribution in [1.29, 1.82) is 0 Å². The Balaban J connectivity index is 1.86. The Morgan fingerprint density at radius 2 is 1.63 bits per heavy atom. The van der Waals surface area contributed by atoms with Gasteiger partial charge >= 0.3 is 12.4 Å². The molecule has 0 fully saturated rings. The number of carbonyl (C=O) groups is 1. The molecule has 0 atom stereocenters. The summed E-state index contributed by atoms with van der Waals surface area (Å²) in [5.74, 6) is -1.01. The molecule has 0 aliphatic carbocycles. The fourth-order valence-electron chi connectivity index (χ4n) is 2.48. The van der Waals surface area contributed by atoms with Crippen molar-refractivity contribution >= 4 is 22.9 Å². The number of thiophene rings is 1. The van der Waals surface area contributed by atoms with Crippen LogP contribution in [0.15, 0.2) is 52.6 Å². The summed E-state index contributed by atoms with van der Waals surface area (Å²) >= 11 is 1.33. The van der Waals surface area contributed by atoms with Crippen molar-refractivity contribution in [2.24, 2.45) is 0 Å². The monoisotopic (exact) mass is 447 g/mol. The lowest BCUT2D eigenvalue weighted by molar-refractivity contribution is -0.143. The first-order valence-corrected chi connectivity index (χ1v) is 9.03. The smallest absolute Gasteiger partial charge is 0.324 e. The highest BCUT2D eigenvalue weighted by Crippen LogP contribution is 2.37. The third-order valence-electron chi connectivity index (χ3n) is 3.81. The Bertz CT molecular complexity index is 1090. The molecule has 0 radical (unpaired) electrons. The maximum absolute atomic E-state index is 12.9. The minimum atomic E-state index is -5.05. The number of amides is 1. The van der Waals surface area contributed by atoms with Gasteiger partial charge in [-0.15, -0.1) is 11.3 Å². The van der Waals surface area contributed by atoms with E-state index in [9.17, 15) is 35.9 Å². The summed E-state index contributed by atoms with van der Waals surface area (Å²) in [5, 5.41) is 7.73. The van der Waals surface area contributed by atoms with Gasteiger partial charge in [-0.2, -0.15) is 31.4 Å². The van der Waals surface area contributed by atoms with Crippen LogP contribution < -0.4 is 10.9 Å². The summed E-state index contributed by atoms with van der Waals surface area (Å²) in [6, 6.07) is 6.77. The van der Waals surface area contributed by atoms with Crippen LogP contribution in [-0.2, 0) is 23.7 Å². The molecule has 0 saturated carbocycles. The van der Waals surface area contributed by atoms with Crippen molar-refractivity contribution in [3.05, 3.63) is 69.3 Å². The van der Waals surface area contributed by atoms with Gasteiger partial charge in [0.05, 0.1) is 16.0 Å². The average molecular weight is 447 g/mol. The highest BCUT2D eigenvalue weighted by atomic mass is 32.1. The molecule has 30 heavy (non-hydrogen) atoms. The van der Waals surface area contributed by atoms with Crippen molar-refractivity contribution in [1.82, 2.24) is 9.78 Å². The van der Waals surface area contributed by atoms with Gasteiger partial charge in [0.2, 0.25) is 5.91 Å². The van der Waals surface area contributed by atoms with E-state index in [1.54, 1.807) is 17.5 Å². The Hall–Kier alpha value is -3.15. The van der Waals surface area contributed by atoms with Crippen molar-refractivity contribution in [2.45, 2.75) is 18.9 Å². The minimum absolute atomic E-state index is 0.0494. The van der Waals surface area contributed by atoms with E-state index in [-0.39, 0.29) is 6.07 Å². The molecule has 0 saturated heterocycles. The first-order valence-electron chi connectivity index (χ1n) is 8.15. The van der Waals surface area contributed by atoms with Crippen LogP contribution in [0.4, 0.5) is 32.0 Å². The number of hydrogen-bond donors (Lipinski definition) is 1. The molecule has 5 nitrogen and oxygen atoms in total. The Morgan fingerprint density at radius 1 is 1.00 bits per heavy atom. The highest BCUT2D eigenvalue weighted by molar-refractivity contribution is 7.13. The molecule has 2 aromatic heterocycles. The zero-order chi connectivity index (χ0) is 22.1. The first kappa shape index (κ1) is 21.6. The minimum Gasteiger partial charge on any atom is -0.324 e. The summed E-state index contributed by atoms with van der Waals surface area (Å²) in [6.45, 7) is -0.699. The predicted molar refractivity (Wildman–Crippen MR) is 96.9 cm³/mol. The second-order valence-corrected chi connectivity index (χ2v) is 6.98. The number of halogens is 6. The van der Waals surface area contributed by atoms with E-state index in [1.807, 2.05) is 5.32 Å². The topological polar surface area (TPSA) is 64.0 Å². The normalized spacial score (nSPS) is 12.1. The standard InChI is InChI=1S/C18H11F6N3O2S/c19-17(20,21)10-6-11(18(22,23)24)8-12(7-10)25-15(28)9-27-16(29)4-3-13(26-27)14-2-1-5-30-14/h1-8H,9H2,(H,25,28). The number of anilines is 1. The van der Waals surface area contributed by atoms with Gasteiger partial charge in [0, 0.05) is 11.8 Å². The number of alkyl halides is 6. The second kappa shape index (κ2) is 7.94. The lowest BCUT2D eigenvalue weighted by Crippen LogP contribution is -2.29. The van der Waals surface area contributed by atoms with Gasteiger partial charge in [0.1, 0.15) is 12.2 Å². The Labute approximate surface area is 168 Å². The first-order chi connectivity index (χ1) is 13.9. The Kier molecular flexibility index (Phi) is 5.70. The number of rotatable bonds is 4. The van der Waals surface area contributed by atoms with Crippen LogP contribution in [0.25, 0.3) is 10.6 Å². The van der Waals surface area contributed by atoms with Crippen LogP contribution in [0.3, 0.4) is 0 Å². The molecule has 0 spiro atoms. The van der Waals surface area contributed by atoms with Crippen molar-refractivity contribution in [3.63, 3.8) is 0 Å². The van der Waals surface area contributed by atoms with Crippen molar-refractivity contribution in [2.75, 3.05) is 5.32 Å². The predicted octanol–water partition coefficient (Wildman–Crippen LogP) is 4.65. The number of nitrogens with one attached hydrogen (secondary N) is 1. The van der Waals surface area contributed by atoms with Gasteiger partial charge in [-0.05, 0) is 35.7 Å². The third kappa shape index (κ3) is 5.06. The largest absolute Gasteiger partial charge is 0.416 e. The molecular weight excluding hydrogens is 436 g/mol. The second-order valence-electron chi connectivity index (χ2n) is 6.03. The van der Waals surface area contributed by atoms with E-state index in [1.165, 1.54) is 17.4 Å². The van der Waals surface area contributed by atoms with E-state index in [0.29, 0.717) is 22.7 Å². The summed E-state index contributed by atoms with van der Waals surface area (Å²) in [6.07, 6.45) is -10.1. The number of aromatic nitrogens is 2. The molecule has 3 aromatic rings. The molecule has 158 valence electrons. The van der Waals surface area contributed by atoms with Crippen molar-refractivity contribution in [3.8, 4) is 10.6 Å². The Morgan fingerprint density at radius 3 is 2.17 bits per heavy atom. The van der Waals surface area contributed by atoms with Gasteiger partial charge in [-0.1, -0.05) is 6.07 Å². The fourth-order valence-corrected chi connectivity index (χ4v) is 3.17. The van der Waals surface area contributed by atoms with E-state index in [2.05, 4.69) is 5.10 Å². The SMILES string of the molecule is O=C(Cn1nc(-c2cccs2)ccc1=O)Nc1cc(C(F)(F)F)cc(C(F)(F)F)c1. The molecule has 0 aliphatic heterocycles. The van der Waals surface area contributed by atoms with E-state index in [0.717, 1.165) is 10.7 Å². The number of hydrogen-bond acceptors (Lipinski definition) is 4. The van der Waals surface area contributed by atoms with Gasteiger partial charge in [0.25, 0.3) is 5.56 Å². The summed E-state index contributed by atoms with van der Waals surface area (Å²) in [7, 11) is 0. The van der Waals surface area contributed by atoms with Crippen LogP contribution >= 0.6 is 11.3 Å². The van der Waals surface area contributed by atoms with Crippen molar-refractivity contribution < 1.29 is 31.1 Å². The van der Waals surface area contributed by atoms with E-state index >= 15 is 0 Å². The van der Waals surface area contributed by atoms with Gasteiger partial charge in [0.15, 0.2) is 0 Å². The van der Waals surface area contributed by atoms with Crippen LogP contribution in [0.2, 0.25) is 0 Å². The fraction of sp³-hybridized carbons (Fsp3) is 0.167. The molecule has 0 bridgehead atoms. The molecule has 12 heteroatoms. The van der Waals surface area contributed by atoms with Crippen LogP contribution in [0.1, 0.15) is 11.1 Å². The lowest BCUT2D eigenvalue weighted by Gasteiger charge is -2.15. The number of carbonyl (C=O) groups excluding carboxylic acids is 1. The van der Waals surface area contributed by atoms with Gasteiger partial charge in [-0.3, -0.25) is 9.59 Å². The number of benzene rings is 1. The summed E-state index contributed by atoms with van der Waals surface area (Å²) in [4.78, 5) is 24.8. The quantitative estimate of drug-likeness (QED) is 0.593. The third-order valence-corrected chi connectivity index (χ3v) is 4.70. The van der Waals surface area contributed by atoms with Crippen LogP contribution in [0.5, 0.6) is 0 Å². The summed E-state index contributed by atoms with van der Waals surface area (Å²) in [5.41, 5.74) is -4.11. The zero-order valence-electron chi connectivity index (χ0n) is 14.7. The van der Waals surface area contributed by atoms with Gasteiger partial charge < -0.3 is 5.32 Å². The lowest BCUT2D eigenvalue weighted by atomic mass is 10.1. The molecule has 1 aromatic carbocycles. The molecular formula is C18H11F6N3O2S. The molecule has 1 amide bonds. The van der Waals surface area contributed by atoms with Crippen LogP contribution in [0, 0.1) is 0 Å². The molecule has 0 aliphatic rings. The molecule has 2 heterocycles. The zero-order valence-corrected chi connectivity index (χ0v) is 15.5. The van der Waals surface area contributed by atoms with Gasteiger partial charge in [-0.25, -0.2) is 4.68 Å². The summed E-state index contributed by atoms with van der Waals surface area (Å²) < 4.78 is 78.3. The van der Waals surface area contributed by atoms with E-state index < -0.39 is 47.2 Å². The maximum Gasteiger partial charge on any atom is 0.416 e. The maximum atomic E-state index is 12.9. The molecule has 1 N–H and O–H groups in total. The highest BCUT2D eigenvalue weighted by Gasteiger charge is 2.37. The van der Waals surface area contributed by atoms with E-state index in [4.69, 9.17) is 0 Å². The van der Waals surface area contributed by atoms with Crippen LogP contribution in [-0.4, -0.2) is 15.7 Å². The average Bonchev–Trinajstić information content (AvgIpc) is 3.16. The number of nitrogens with zero attached hydrogens (tertiary/aromatic N) is 2. The molecule has 0 unspecified atom stereocenters.